The number of fused-ring (bicyclic) bond motifs is 23. The fourth-order valence-corrected chi connectivity index (χ4v) is 22.6. The third-order valence-electron chi connectivity index (χ3n) is 29.1. The van der Waals surface area contributed by atoms with Gasteiger partial charge in [-0.2, -0.15) is 0 Å². The lowest BCUT2D eigenvalue weighted by Gasteiger charge is -2.27. The maximum Gasteiger partial charge on any atom is 0.159 e. The summed E-state index contributed by atoms with van der Waals surface area (Å²) in [5.41, 5.74) is 40.4. The third-order valence-corrected chi connectivity index (χ3v) is 29.1. The highest BCUT2D eigenvalue weighted by atomic mass is 16.3. The molecule has 0 fully saturated rings. The summed E-state index contributed by atoms with van der Waals surface area (Å²) in [4.78, 5) is 7.00. The standard InChI is InChI=1S/C45H33NO.2C43H31NO/c1-45(2)39-18-10-9-16-36(39)37-28-29-41-42(43(37)45)38-17-11-19-40(44(38)47-41)46(34-24-20-32(21-25-34)30-12-5-3-6-13-30)35-26-22-33(23-27-35)31-14-7-4-8-15-31;1-43(2)37-17-9-8-15-34(37)35-25-26-39-40(41(35)43)36-16-10-18-38(42(36)45-39)44(32-13-4-3-5-14-32)33-23-21-29(22-24-33)31-20-19-28-11-6-7-12-30(28)27-31;1-43(2)38-24-22-34(27-37(38)35-23-25-40-41(42(35)43)36-14-8-9-15-39(36)45-40)44(32-12-4-3-5-13-32)33-20-18-29(19-21-33)31-17-16-28-10-6-7-11-30(28)26-31/h3-29H,1-2H3;2*3-27H,1-2H3. The van der Waals surface area contributed by atoms with Crippen molar-refractivity contribution in [3.05, 3.63) is 500 Å². The van der Waals surface area contributed by atoms with E-state index in [1.165, 1.54) is 154 Å². The van der Waals surface area contributed by atoms with Gasteiger partial charge in [-0.25, -0.2) is 0 Å². The van der Waals surface area contributed by atoms with Gasteiger partial charge in [0.15, 0.2) is 11.2 Å². The van der Waals surface area contributed by atoms with Gasteiger partial charge in [0.25, 0.3) is 0 Å². The fraction of sp³-hybridized carbons (Fsp3) is 0.0687. The Morgan fingerprint density at radius 1 is 0.175 bits per heavy atom. The van der Waals surface area contributed by atoms with E-state index < -0.39 is 0 Å². The molecule has 0 saturated carbocycles. The van der Waals surface area contributed by atoms with Crippen molar-refractivity contribution in [1.82, 2.24) is 0 Å². The molecule has 0 radical (unpaired) electrons. The summed E-state index contributed by atoms with van der Waals surface area (Å²) in [5, 5.41) is 12.1. The van der Waals surface area contributed by atoms with E-state index >= 15 is 0 Å². The molecule has 3 heterocycles. The molecule has 3 aliphatic rings. The zero-order valence-corrected chi connectivity index (χ0v) is 77.0. The zero-order chi connectivity index (χ0) is 91.8. The fourth-order valence-electron chi connectivity index (χ4n) is 22.6. The van der Waals surface area contributed by atoms with Gasteiger partial charge in [0.1, 0.15) is 22.3 Å². The van der Waals surface area contributed by atoms with Gasteiger partial charge in [0.2, 0.25) is 0 Å². The van der Waals surface area contributed by atoms with Crippen LogP contribution >= 0.6 is 0 Å². The van der Waals surface area contributed by atoms with Gasteiger partial charge >= 0.3 is 0 Å². The van der Waals surface area contributed by atoms with Crippen molar-refractivity contribution in [2.24, 2.45) is 0 Å². The second-order valence-corrected chi connectivity index (χ2v) is 38.1. The van der Waals surface area contributed by atoms with E-state index in [-0.39, 0.29) is 16.2 Å². The van der Waals surface area contributed by atoms with E-state index in [2.05, 4.69) is 517 Å². The first-order chi connectivity index (χ1) is 67.2. The van der Waals surface area contributed by atoms with Crippen LogP contribution in [0, 0.1) is 0 Å². The molecule has 0 atom stereocenters. The third kappa shape index (κ3) is 13.7. The van der Waals surface area contributed by atoms with Crippen molar-refractivity contribution in [3.63, 3.8) is 0 Å². The summed E-state index contributed by atoms with van der Waals surface area (Å²) in [7, 11) is 0. The quantitative estimate of drug-likeness (QED) is 0.115. The summed E-state index contributed by atoms with van der Waals surface area (Å²) in [6.45, 7) is 14.1. The van der Waals surface area contributed by atoms with Crippen molar-refractivity contribution in [3.8, 4) is 77.9 Å². The van der Waals surface area contributed by atoms with Crippen molar-refractivity contribution in [1.29, 1.82) is 0 Å². The topological polar surface area (TPSA) is 49.1 Å². The van der Waals surface area contributed by atoms with Gasteiger partial charge in [0, 0.05) is 88.4 Å². The highest BCUT2D eigenvalue weighted by Gasteiger charge is 2.42. The van der Waals surface area contributed by atoms with Crippen LogP contribution in [0.1, 0.15) is 74.9 Å². The second-order valence-electron chi connectivity index (χ2n) is 38.1. The number of hydrogen-bond donors (Lipinski definition) is 0. The van der Waals surface area contributed by atoms with Crippen molar-refractivity contribution in [2.45, 2.75) is 57.8 Å². The van der Waals surface area contributed by atoms with Gasteiger partial charge in [-0.1, -0.05) is 375 Å². The van der Waals surface area contributed by atoms with E-state index in [1.807, 2.05) is 6.07 Å². The molecule has 21 aromatic carbocycles. The van der Waals surface area contributed by atoms with Crippen LogP contribution in [0.3, 0.4) is 0 Å². The Kier molecular flexibility index (Phi) is 19.5. The maximum atomic E-state index is 6.87. The van der Waals surface area contributed by atoms with Crippen molar-refractivity contribution < 1.29 is 13.3 Å². The van der Waals surface area contributed by atoms with Gasteiger partial charge in [-0.15, -0.1) is 0 Å². The van der Waals surface area contributed by atoms with E-state index in [0.717, 1.165) is 95.5 Å². The smallest absolute Gasteiger partial charge is 0.159 e. The normalized spacial score (nSPS) is 13.2. The van der Waals surface area contributed by atoms with Gasteiger partial charge < -0.3 is 28.0 Å². The summed E-state index contributed by atoms with van der Waals surface area (Å²) >= 11 is 0. The van der Waals surface area contributed by atoms with Gasteiger partial charge in [0.05, 0.1) is 11.4 Å². The maximum absolute atomic E-state index is 6.87. The van der Waals surface area contributed by atoms with Crippen LogP contribution in [0.25, 0.3) is 165 Å². The molecule has 3 aliphatic carbocycles. The van der Waals surface area contributed by atoms with Gasteiger partial charge in [-0.05, 0) is 266 Å². The molecule has 0 N–H and O–H groups in total. The minimum atomic E-state index is -0.158. The molecular formula is C131H95N3O3. The minimum Gasteiger partial charge on any atom is -0.456 e. The molecule has 24 aromatic rings. The number of para-hydroxylation sites is 5. The molecule has 6 nitrogen and oxygen atoms in total. The van der Waals surface area contributed by atoms with E-state index in [1.54, 1.807) is 0 Å². The van der Waals surface area contributed by atoms with Crippen LogP contribution in [0.15, 0.2) is 480 Å². The molecule has 0 amide bonds. The van der Waals surface area contributed by atoms with E-state index in [0.29, 0.717) is 0 Å². The Hall–Kier alpha value is -17.1. The monoisotopic (exact) mass is 1760 g/mol. The first-order valence-corrected chi connectivity index (χ1v) is 47.5. The number of nitrogens with zero attached hydrogens (tertiary/aromatic N) is 3. The number of anilines is 9. The highest BCUT2D eigenvalue weighted by Crippen LogP contribution is 2.59. The summed E-state index contributed by atoms with van der Waals surface area (Å²) in [6, 6.07) is 168. The first kappa shape index (κ1) is 81.9. The lowest BCUT2D eigenvalue weighted by Crippen LogP contribution is -2.16. The second kappa shape index (κ2) is 32.7. The molecule has 137 heavy (non-hydrogen) atoms. The molecule has 27 rings (SSSR count). The number of hydrogen-bond acceptors (Lipinski definition) is 6. The average Bonchev–Trinajstić information content (AvgIpc) is 1.56. The largest absolute Gasteiger partial charge is 0.456 e. The van der Waals surface area contributed by atoms with E-state index in [9.17, 15) is 0 Å². The van der Waals surface area contributed by atoms with Crippen LogP contribution in [0.5, 0.6) is 0 Å². The predicted molar refractivity (Wildman–Crippen MR) is 575 cm³/mol. The van der Waals surface area contributed by atoms with Gasteiger partial charge in [-0.3, -0.25) is 0 Å². The van der Waals surface area contributed by atoms with Crippen LogP contribution in [-0.2, 0) is 16.2 Å². The number of furan rings is 3. The summed E-state index contributed by atoms with van der Waals surface area (Å²) in [5.74, 6) is 0. The van der Waals surface area contributed by atoms with Crippen LogP contribution in [0.4, 0.5) is 51.2 Å². The first-order valence-electron chi connectivity index (χ1n) is 47.5. The van der Waals surface area contributed by atoms with Crippen LogP contribution < -0.4 is 14.7 Å². The Labute approximate surface area is 797 Å². The minimum absolute atomic E-state index is 0.129. The Morgan fingerprint density at radius 3 is 0.927 bits per heavy atom. The highest BCUT2D eigenvalue weighted by molar-refractivity contribution is 6.17. The Morgan fingerprint density at radius 2 is 0.482 bits per heavy atom. The molecule has 0 unspecified atom stereocenters. The molecule has 0 bridgehead atoms. The molecular weight excluding hydrogens is 1660 g/mol. The van der Waals surface area contributed by atoms with Crippen molar-refractivity contribution in [2.75, 3.05) is 14.7 Å². The van der Waals surface area contributed by atoms with Crippen molar-refractivity contribution >= 4 is 139 Å². The summed E-state index contributed by atoms with van der Waals surface area (Å²) < 4.78 is 20.0. The molecule has 3 aromatic heterocycles. The molecule has 0 saturated heterocycles. The lowest BCUT2D eigenvalue weighted by atomic mass is 9.80. The predicted octanol–water partition coefficient (Wildman–Crippen LogP) is 37.1. The average molecular weight is 1760 g/mol. The zero-order valence-electron chi connectivity index (χ0n) is 77.0. The van der Waals surface area contributed by atoms with Crippen LogP contribution in [-0.4, -0.2) is 0 Å². The number of benzene rings is 21. The van der Waals surface area contributed by atoms with Crippen LogP contribution in [0.2, 0.25) is 0 Å². The molecule has 0 aliphatic heterocycles. The molecule has 6 heteroatoms. The molecule has 652 valence electrons. The Balaban J connectivity index is 0.000000109. The Bertz CT molecular complexity index is 8750. The molecule has 0 spiro atoms. The lowest BCUT2D eigenvalue weighted by molar-refractivity contribution is 0.657. The summed E-state index contributed by atoms with van der Waals surface area (Å²) in [6.07, 6.45) is 0. The number of rotatable bonds is 13. The van der Waals surface area contributed by atoms with E-state index in [4.69, 9.17) is 13.3 Å². The SMILES string of the molecule is CC1(C)c2ccc(N(c3ccccc3)c3ccc(-c4ccc5ccccc5c4)cc3)cc2-c2ccc3oc4ccccc4c3c21.CC1(C)c2ccccc2-c2ccc3oc4c(N(c5ccc(-c6ccccc6)cc5)c5ccc(-c6ccccc6)cc5)cccc4c3c21.CC1(C)c2ccccc2-c2ccc3oc4c(N(c5ccccc5)c5ccc(-c6ccc7ccccc7c6)cc5)cccc4c3c21.